The van der Waals surface area contributed by atoms with Crippen LogP contribution in [0.4, 0.5) is 14.5 Å². The summed E-state index contributed by atoms with van der Waals surface area (Å²) in [5.74, 6) is -3.66. The lowest BCUT2D eigenvalue weighted by Gasteiger charge is -2.14. The van der Waals surface area contributed by atoms with E-state index in [4.69, 9.17) is 0 Å². The summed E-state index contributed by atoms with van der Waals surface area (Å²) >= 11 is 0. The fourth-order valence-electron chi connectivity index (χ4n) is 1.49. The minimum absolute atomic E-state index is 0.211. The van der Waals surface area contributed by atoms with Gasteiger partial charge in [-0.2, -0.15) is 8.78 Å². The van der Waals surface area contributed by atoms with Gasteiger partial charge >= 0.3 is 5.76 Å². The zero-order chi connectivity index (χ0) is 15.3. The first-order valence-electron chi connectivity index (χ1n) is 5.95. The highest BCUT2D eigenvalue weighted by molar-refractivity contribution is 7.91. The standard InChI is InChI=1S/C12H16F2N2O3S/c1-3-15-11(17)8(2)16-9-4-6-10(7-5-9)20(18,19)12(13)14/h4-8,12,16H,3H2,1-2H3,(H,15,17). The van der Waals surface area contributed by atoms with Gasteiger partial charge in [0.15, 0.2) is 0 Å². The molecule has 0 aromatic heterocycles. The minimum Gasteiger partial charge on any atom is -0.374 e. The molecule has 1 aromatic rings. The van der Waals surface area contributed by atoms with E-state index in [0.29, 0.717) is 12.2 Å². The lowest BCUT2D eigenvalue weighted by atomic mass is 10.2. The van der Waals surface area contributed by atoms with Crippen LogP contribution >= 0.6 is 0 Å². The maximum absolute atomic E-state index is 12.3. The Morgan fingerprint density at radius 3 is 2.25 bits per heavy atom. The lowest BCUT2D eigenvalue weighted by molar-refractivity contribution is -0.121. The molecular formula is C12H16F2N2O3S. The highest BCUT2D eigenvalue weighted by Crippen LogP contribution is 2.20. The molecule has 2 N–H and O–H groups in total. The Labute approximate surface area is 116 Å². The Hall–Kier alpha value is -1.70. The third-order valence-electron chi connectivity index (χ3n) is 2.54. The lowest BCUT2D eigenvalue weighted by Crippen LogP contribution is -2.37. The van der Waals surface area contributed by atoms with Crippen LogP contribution in [0, 0.1) is 0 Å². The predicted octanol–water partition coefficient (Wildman–Crippen LogP) is 1.62. The van der Waals surface area contributed by atoms with E-state index in [-0.39, 0.29) is 5.91 Å². The summed E-state index contributed by atoms with van der Waals surface area (Å²) < 4.78 is 47.1. The number of anilines is 1. The van der Waals surface area contributed by atoms with Gasteiger partial charge in [-0.05, 0) is 38.1 Å². The van der Waals surface area contributed by atoms with Crippen LogP contribution in [0.3, 0.4) is 0 Å². The molecule has 5 nitrogen and oxygen atoms in total. The van der Waals surface area contributed by atoms with Crippen LogP contribution in [0.25, 0.3) is 0 Å². The van der Waals surface area contributed by atoms with Gasteiger partial charge < -0.3 is 10.6 Å². The van der Waals surface area contributed by atoms with Crippen LogP contribution in [-0.4, -0.2) is 32.7 Å². The van der Waals surface area contributed by atoms with Gasteiger partial charge in [0.05, 0.1) is 4.90 Å². The summed E-state index contributed by atoms with van der Waals surface area (Å²) in [4.78, 5) is 11.0. The summed E-state index contributed by atoms with van der Waals surface area (Å²) in [6.07, 6.45) is 0. The summed E-state index contributed by atoms with van der Waals surface area (Å²) in [7, 11) is -4.59. The fraction of sp³-hybridized carbons (Fsp3) is 0.417. The molecule has 112 valence electrons. The molecule has 0 radical (unpaired) electrons. The van der Waals surface area contributed by atoms with Gasteiger partial charge in [-0.1, -0.05) is 0 Å². The Kier molecular flexibility index (Phi) is 5.43. The van der Waals surface area contributed by atoms with Crippen molar-refractivity contribution < 1.29 is 22.0 Å². The molecule has 0 aliphatic carbocycles. The van der Waals surface area contributed by atoms with Crippen LogP contribution in [0.15, 0.2) is 29.2 Å². The molecule has 0 spiro atoms. The Morgan fingerprint density at radius 1 is 1.25 bits per heavy atom. The molecule has 1 amide bonds. The zero-order valence-electron chi connectivity index (χ0n) is 11.1. The number of sulfone groups is 1. The maximum atomic E-state index is 12.3. The summed E-state index contributed by atoms with van der Waals surface area (Å²) in [6, 6.07) is 4.31. The molecule has 0 aliphatic heterocycles. The van der Waals surface area contributed by atoms with Crippen molar-refractivity contribution in [3.05, 3.63) is 24.3 Å². The first-order valence-corrected chi connectivity index (χ1v) is 7.50. The van der Waals surface area contributed by atoms with Gasteiger partial charge in [-0.3, -0.25) is 4.79 Å². The molecule has 1 rings (SSSR count). The molecule has 1 unspecified atom stereocenters. The van der Waals surface area contributed by atoms with Crippen molar-refractivity contribution in [1.82, 2.24) is 5.32 Å². The van der Waals surface area contributed by atoms with Crippen molar-refractivity contribution in [2.24, 2.45) is 0 Å². The molecule has 0 heterocycles. The number of carbonyl (C=O) groups excluding carboxylic acids is 1. The smallest absolute Gasteiger partial charge is 0.341 e. The van der Waals surface area contributed by atoms with Crippen molar-refractivity contribution in [3.8, 4) is 0 Å². The fourth-order valence-corrected chi connectivity index (χ4v) is 2.21. The second-order valence-corrected chi connectivity index (χ2v) is 6.01. The van der Waals surface area contributed by atoms with Crippen LogP contribution in [-0.2, 0) is 14.6 Å². The summed E-state index contributed by atoms with van der Waals surface area (Å²) in [5.41, 5.74) is 0.469. The van der Waals surface area contributed by atoms with E-state index in [1.165, 1.54) is 12.1 Å². The Morgan fingerprint density at radius 2 is 1.80 bits per heavy atom. The number of alkyl halides is 2. The second kappa shape index (κ2) is 6.65. The van der Waals surface area contributed by atoms with Gasteiger partial charge in [0, 0.05) is 12.2 Å². The van der Waals surface area contributed by atoms with Crippen LogP contribution in [0.2, 0.25) is 0 Å². The van der Waals surface area contributed by atoms with Crippen LogP contribution < -0.4 is 10.6 Å². The number of benzene rings is 1. The van der Waals surface area contributed by atoms with Gasteiger partial charge in [-0.25, -0.2) is 8.42 Å². The van der Waals surface area contributed by atoms with E-state index in [1.807, 2.05) is 0 Å². The Bertz CT molecular complexity index is 559. The van der Waals surface area contributed by atoms with E-state index in [1.54, 1.807) is 13.8 Å². The summed E-state index contributed by atoms with van der Waals surface area (Å²) in [5, 5.41) is 5.46. The Balaban J connectivity index is 2.80. The second-order valence-electron chi connectivity index (χ2n) is 4.09. The van der Waals surface area contributed by atoms with Gasteiger partial charge in [0.1, 0.15) is 6.04 Å². The van der Waals surface area contributed by atoms with Crippen molar-refractivity contribution in [3.63, 3.8) is 0 Å². The number of nitrogens with one attached hydrogen (secondary N) is 2. The highest BCUT2D eigenvalue weighted by Gasteiger charge is 2.26. The van der Waals surface area contributed by atoms with Crippen molar-refractivity contribution in [2.75, 3.05) is 11.9 Å². The first-order chi connectivity index (χ1) is 9.28. The largest absolute Gasteiger partial charge is 0.374 e. The third kappa shape index (κ3) is 3.89. The molecule has 8 heteroatoms. The van der Waals surface area contributed by atoms with Gasteiger partial charge in [-0.15, -0.1) is 0 Å². The van der Waals surface area contributed by atoms with Crippen molar-refractivity contribution in [2.45, 2.75) is 30.5 Å². The molecule has 0 aliphatic rings. The normalized spacial score (nSPS) is 13.1. The number of hydrogen-bond donors (Lipinski definition) is 2. The highest BCUT2D eigenvalue weighted by atomic mass is 32.2. The number of amides is 1. The molecule has 1 atom stereocenters. The number of hydrogen-bond acceptors (Lipinski definition) is 4. The van der Waals surface area contributed by atoms with E-state index >= 15 is 0 Å². The SMILES string of the molecule is CCNC(=O)C(C)Nc1ccc(S(=O)(=O)C(F)F)cc1. The van der Waals surface area contributed by atoms with Crippen molar-refractivity contribution >= 4 is 21.4 Å². The van der Waals surface area contributed by atoms with E-state index in [0.717, 1.165) is 12.1 Å². The number of carbonyl (C=O) groups is 1. The van der Waals surface area contributed by atoms with E-state index < -0.39 is 26.5 Å². The summed E-state index contributed by atoms with van der Waals surface area (Å²) in [6.45, 7) is 3.92. The molecule has 0 fully saturated rings. The maximum Gasteiger partial charge on any atom is 0.341 e. The number of likely N-dealkylation sites (N-methyl/N-ethyl adjacent to an activating group) is 1. The molecule has 0 bridgehead atoms. The molecular weight excluding hydrogens is 290 g/mol. The van der Waals surface area contributed by atoms with Crippen molar-refractivity contribution in [1.29, 1.82) is 0 Å². The first kappa shape index (κ1) is 16.4. The monoisotopic (exact) mass is 306 g/mol. The van der Waals surface area contributed by atoms with Crippen LogP contribution in [0.5, 0.6) is 0 Å². The average molecular weight is 306 g/mol. The van der Waals surface area contributed by atoms with Crippen LogP contribution in [0.1, 0.15) is 13.8 Å². The predicted molar refractivity (Wildman–Crippen MR) is 71.4 cm³/mol. The van der Waals surface area contributed by atoms with E-state index in [9.17, 15) is 22.0 Å². The van der Waals surface area contributed by atoms with Gasteiger partial charge in [0.2, 0.25) is 15.7 Å². The number of halogens is 2. The quantitative estimate of drug-likeness (QED) is 0.837. The van der Waals surface area contributed by atoms with E-state index in [2.05, 4.69) is 10.6 Å². The molecule has 1 aromatic carbocycles. The molecule has 20 heavy (non-hydrogen) atoms. The zero-order valence-corrected chi connectivity index (χ0v) is 11.9. The third-order valence-corrected chi connectivity index (χ3v) is 3.94. The topological polar surface area (TPSA) is 75.3 Å². The molecule has 0 saturated heterocycles. The van der Waals surface area contributed by atoms with Gasteiger partial charge in [0.25, 0.3) is 0 Å². The molecule has 0 saturated carbocycles. The average Bonchev–Trinajstić information content (AvgIpc) is 2.39. The number of rotatable bonds is 6. The minimum atomic E-state index is -4.59.